The van der Waals surface area contributed by atoms with E-state index in [0.29, 0.717) is 0 Å². The molecule has 0 saturated carbocycles. The summed E-state index contributed by atoms with van der Waals surface area (Å²) >= 11 is 5.64. The van der Waals surface area contributed by atoms with E-state index in [-0.39, 0.29) is 5.50 Å². The molecule has 0 heterocycles. The largest absolute Gasteiger partial charge is 0.352 e. The number of alkyl halides is 1. The molecule has 2 amide bonds. The number of unbranched alkanes of at least 4 members (excludes halogenated alkanes) is 1. The second-order valence-corrected chi connectivity index (χ2v) is 2.65. The average Bonchev–Trinajstić information content (AvgIpc) is 1.82. The quantitative estimate of drug-likeness (QED) is 0.479. The Kier molecular flexibility index (Phi) is 5.12. The normalized spacial score (nSPS) is 12.6. The molecule has 3 N–H and O–H groups in total. The Morgan fingerprint density at radius 3 is 2.80 bits per heavy atom. The third kappa shape index (κ3) is 5.69. The maximum atomic E-state index is 10.2. The summed E-state index contributed by atoms with van der Waals surface area (Å²) in [6.45, 7) is 2.06. The molecule has 0 rings (SSSR count). The van der Waals surface area contributed by atoms with Crippen LogP contribution in [-0.4, -0.2) is 11.5 Å². The molecule has 0 spiro atoms. The number of carbonyl (C=O) groups is 1. The van der Waals surface area contributed by atoms with Crippen LogP contribution in [0.1, 0.15) is 26.2 Å². The molecule has 0 fully saturated rings. The summed E-state index contributed by atoms with van der Waals surface area (Å²) in [7, 11) is 0. The molecule has 0 aromatic rings. The summed E-state index contributed by atoms with van der Waals surface area (Å²) < 4.78 is 0. The third-order valence-electron chi connectivity index (χ3n) is 1.11. The van der Waals surface area contributed by atoms with Crippen LogP contribution in [0.2, 0.25) is 0 Å². The Hall–Kier alpha value is -0.440. The lowest BCUT2D eigenvalue weighted by atomic mass is 10.2. The van der Waals surface area contributed by atoms with Gasteiger partial charge in [-0.2, -0.15) is 0 Å². The fourth-order valence-electron chi connectivity index (χ4n) is 0.610. The van der Waals surface area contributed by atoms with Crippen molar-refractivity contribution in [2.45, 2.75) is 31.7 Å². The highest BCUT2D eigenvalue weighted by Crippen LogP contribution is 2.03. The zero-order valence-corrected chi connectivity index (χ0v) is 6.82. The van der Waals surface area contributed by atoms with E-state index >= 15 is 0 Å². The minimum absolute atomic E-state index is 0.308. The number of urea groups is 1. The van der Waals surface area contributed by atoms with Gasteiger partial charge >= 0.3 is 6.03 Å². The van der Waals surface area contributed by atoms with E-state index in [2.05, 4.69) is 12.2 Å². The minimum Gasteiger partial charge on any atom is -0.352 e. The van der Waals surface area contributed by atoms with Gasteiger partial charge in [-0.05, 0) is 6.42 Å². The van der Waals surface area contributed by atoms with Crippen LogP contribution in [0, 0.1) is 0 Å². The smallest absolute Gasteiger partial charge is 0.313 e. The Morgan fingerprint density at radius 1 is 1.80 bits per heavy atom. The monoisotopic (exact) mass is 164 g/mol. The van der Waals surface area contributed by atoms with Crippen LogP contribution in [0.4, 0.5) is 4.79 Å². The summed E-state index contributed by atoms with van der Waals surface area (Å²) in [4.78, 5) is 10.2. The van der Waals surface area contributed by atoms with E-state index in [1.165, 1.54) is 0 Å². The van der Waals surface area contributed by atoms with Gasteiger partial charge in [-0.25, -0.2) is 4.79 Å². The number of nitrogens with one attached hydrogen (secondary N) is 1. The number of hydrogen-bond acceptors (Lipinski definition) is 1. The molecule has 1 unspecified atom stereocenters. The number of hydrogen-bond donors (Lipinski definition) is 2. The van der Waals surface area contributed by atoms with Crippen LogP contribution < -0.4 is 11.1 Å². The first-order chi connectivity index (χ1) is 4.66. The lowest BCUT2D eigenvalue weighted by Crippen LogP contribution is -2.35. The lowest BCUT2D eigenvalue weighted by molar-refractivity contribution is 0.247. The molecule has 10 heavy (non-hydrogen) atoms. The van der Waals surface area contributed by atoms with Crippen molar-refractivity contribution in [1.82, 2.24) is 5.32 Å². The number of nitrogens with two attached hydrogens (primary N) is 1. The fourth-order valence-corrected chi connectivity index (χ4v) is 0.872. The Morgan fingerprint density at radius 2 is 2.40 bits per heavy atom. The second-order valence-electron chi connectivity index (χ2n) is 2.12. The number of rotatable bonds is 4. The van der Waals surface area contributed by atoms with Gasteiger partial charge in [0.15, 0.2) is 0 Å². The van der Waals surface area contributed by atoms with Crippen LogP contribution in [0.25, 0.3) is 0 Å². The first-order valence-corrected chi connectivity index (χ1v) is 3.80. The Balaban J connectivity index is 3.25. The van der Waals surface area contributed by atoms with Gasteiger partial charge in [-0.15, -0.1) is 0 Å². The zero-order valence-electron chi connectivity index (χ0n) is 6.06. The van der Waals surface area contributed by atoms with Crippen molar-refractivity contribution < 1.29 is 4.79 Å². The topological polar surface area (TPSA) is 55.1 Å². The standard InChI is InChI=1S/C6H13ClN2O/c1-2-3-4-5(7)9-6(8)10/h5H,2-4H2,1H3,(H3,8,9,10). The van der Waals surface area contributed by atoms with Crippen molar-refractivity contribution in [2.24, 2.45) is 5.73 Å². The van der Waals surface area contributed by atoms with Crippen molar-refractivity contribution in [3.8, 4) is 0 Å². The maximum Gasteiger partial charge on any atom is 0.313 e. The van der Waals surface area contributed by atoms with Gasteiger partial charge in [0.2, 0.25) is 0 Å². The second kappa shape index (κ2) is 5.35. The molecule has 3 nitrogen and oxygen atoms in total. The molecule has 0 bridgehead atoms. The number of primary amides is 1. The van der Waals surface area contributed by atoms with Crippen LogP contribution >= 0.6 is 11.6 Å². The van der Waals surface area contributed by atoms with Gasteiger partial charge in [0, 0.05) is 0 Å². The molecule has 60 valence electrons. The van der Waals surface area contributed by atoms with E-state index in [1.807, 2.05) is 0 Å². The highest BCUT2D eigenvalue weighted by atomic mass is 35.5. The molecule has 0 aliphatic heterocycles. The predicted octanol–water partition coefficient (Wildman–Crippen LogP) is 1.41. The summed E-state index contributed by atoms with van der Waals surface area (Å²) in [5, 5.41) is 2.38. The molecule has 0 saturated heterocycles. The summed E-state index contributed by atoms with van der Waals surface area (Å²) in [6.07, 6.45) is 2.86. The van der Waals surface area contributed by atoms with Crippen LogP contribution in [0.15, 0.2) is 0 Å². The summed E-state index contributed by atoms with van der Waals surface area (Å²) in [5.41, 5.74) is 4.52. The van der Waals surface area contributed by atoms with Gasteiger partial charge < -0.3 is 11.1 Å². The van der Waals surface area contributed by atoms with E-state index in [1.54, 1.807) is 0 Å². The average molecular weight is 165 g/mol. The van der Waals surface area contributed by atoms with Crippen LogP contribution in [0.5, 0.6) is 0 Å². The molecular weight excluding hydrogens is 152 g/mol. The number of amides is 2. The van der Waals surface area contributed by atoms with Gasteiger partial charge in [0.25, 0.3) is 0 Å². The van der Waals surface area contributed by atoms with Crippen molar-refractivity contribution >= 4 is 17.6 Å². The molecule has 4 heteroatoms. The molecular formula is C6H13ClN2O. The van der Waals surface area contributed by atoms with Crippen molar-refractivity contribution in [1.29, 1.82) is 0 Å². The van der Waals surface area contributed by atoms with Gasteiger partial charge in [-0.3, -0.25) is 0 Å². The van der Waals surface area contributed by atoms with Crippen molar-refractivity contribution in [3.63, 3.8) is 0 Å². The highest BCUT2D eigenvalue weighted by Gasteiger charge is 2.03. The molecule has 0 aliphatic rings. The van der Waals surface area contributed by atoms with Gasteiger partial charge in [0.1, 0.15) is 5.50 Å². The fraction of sp³-hybridized carbons (Fsp3) is 0.833. The van der Waals surface area contributed by atoms with Crippen molar-refractivity contribution in [3.05, 3.63) is 0 Å². The van der Waals surface area contributed by atoms with E-state index in [4.69, 9.17) is 17.3 Å². The number of halogens is 1. The molecule has 0 aromatic carbocycles. The first kappa shape index (κ1) is 9.56. The Labute approximate surface area is 65.9 Å². The molecule has 0 aliphatic carbocycles. The van der Waals surface area contributed by atoms with Crippen LogP contribution in [-0.2, 0) is 0 Å². The van der Waals surface area contributed by atoms with E-state index < -0.39 is 6.03 Å². The summed E-state index contributed by atoms with van der Waals surface area (Å²) in [6, 6.07) is -0.559. The van der Waals surface area contributed by atoms with Crippen LogP contribution in [0.3, 0.4) is 0 Å². The SMILES string of the molecule is CCCCC(Cl)NC(N)=O. The highest BCUT2D eigenvalue weighted by molar-refractivity contribution is 6.21. The van der Waals surface area contributed by atoms with E-state index in [0.717, 1.165) is 19.3 Å². The first-order valence-electron chi connectivity index (χ1n) is 3.37. The summed E-state index contributed by atoms with van der Waals surface area (Å²) in [5.74, 6) is 0. The zero-order chi connectivity index (χ0) is 7.98. The number of carbonyl (C=O) groups excluding carboxylic acids is 1. The van der Waals surface area contributed by atoms with Crippen molar-refractivity contribution in [2.75, 3.05) is 0 Å². The predicted molar refractivity (Wildman–Crippen MR) is 41.9 cm³/mol. The van der Waals surface area contributed by atoms with Gasteiger partial charge in [0.05, 0.1) is 0 Å². The maximum absolute atomic E-state index is 10.2. The third-order valence-corrected chi connectivity index (χ3v) is 1.44. The molecule has 0 aromatic heterocycles. The van der Waals surface area contributed by atoms with Gasteiger partial charge in [-0.1, -0.05) is 31.4 Å². The lowest BCUT2D eigenvalue weighted by Gasteiger charge is -2.07. The minimum atomic E-state index is -0.559. The van der Waals surface area contributed by atoms with E-state index in [9.17, 15) is 4.79 Å². The molecule has 0 radical (unpaired) electrons. The Bertz CT molecular complexity index is 108. The molecule has 1 atom stereocenters.